The first kappa shape index (κ1) is 13.9. The summed E-state index contributed by atoms with van der Waals surface area (Å²) in [6.07, 6.45) is -1.04. The van der Waals surface area contributed by atoms with Gasteiger partial charge >= 0.3 is 6.18 Å². The number of aromatic nitrogens is 4. The zero-order valence-electron chi connectivity index (χ0n) is 10.9. The van der Waals surface area contributed by atoms with Crippen LogP contribution in [0.3, 0.4) is 0 Å². The van der Waals surface area contributed by atoms with E-state index in [1.807, 2.05) is 0 Å². The van der Waals surface area contributed by atoms with E-state index in [2.05, 4.69) is 10.1 Å². The van der Waals surface area contributed by atoms with Crippen molar-refractivity contribution in [1.82, 2.24) is 19.3 Å². The summed E-state index contributed by atoms with van der Waals surface area (Å²) in [6, 6.07) is 3.46. The lowest BCUT2D eigenvalue weighted by atomic mass is 10.2. The minimum absolute atomic E-state index is 0.0882. The molecule has 2 heterocycles. The van der Waals surface area contributed by atoms with Crippen molar-refractivity contribution in [1.29, 1.82) is 0 Å². The fraction of sp³-hybridized carbons (Fsp3) is 0.231. The van der Waals surface area contributed by atoms with E-state index in [1.54, 1.807) is 28.7 Å². The molecule has 3 rings (SSSR count). The lowest BCUT2D eigenvalue weighted by Crippen LogP contribution is -2.04. The number of rotatable bonds is 2. The van der Waals surface area contributed by atoms with E-state index in [4.69, 9.17) is 11.6 Å². The van der Waals surface area contributed by atoms with Gasteiger partial charge in [-0.25, -0.2) is 4.98 Å². The van der Waals surface area contributed by atoms with E-state index < -0.39 is 11.7 Å². The normalized spacial score (nSPS) is 12.2. The average molecular weight is 315 g/mol. The van der Waals surface area contributed by atoms with Crippen LogP contribution in [-0.4, -0.2) is 19.3 Å². The molecule has 1 aromatic carbocycles. The molecular formula is C13H10ClF3N4. The molecule has 2 aromatic heterocycles. The largest absolute Gasteiger partial charge is 0.416 e. The first-order valence-corrected chi connectivity index (χ1v) is 6.57. The lowest BCUT2D eigenvalue weighted by Gasteiger charge is -2.07. The molecule has 0 saturated heterocycles. The molecule has 0 aliphatic heterocycles. The predicted octanol–water partition coefficient (Wildman–Crippen LogP) is 3.52. The molecule has 4 nitrogen and oxygen atoms in total. The van der Waals surface area contributed by atoms with Gasteiger partial charge in [0.15, 0.2) is 0 Å². The molecule has 0 saturated carbocycles. The maximum absolute atomic E-state index is 12.8. The van der Waals surface area contributed by atoms with Crippen LogP contribution in [-0.2, 0) is 19.1 Å². The molecule has 8 heteroatoms. The van der Waals surface area contributed by atoms with Gasteiger partial charge < -0.3 is 0 Å². The molecule has 0 radical (unpaired) electrons. The molecule has 0 aliphatic carbocycles. The quantitative estimate of drug-likeness (QED) is 0.679. The second kappa shape index (κ2) is 4.77. The Morgan fingerprint density at radius 2 is 2.05 bits per heavy atom. The summed E-state index contributed by atoms with van der Waals surface area (Å²) in [6.45, 7) is 0. The van der Waals surface area contributed by atoms with E-state index in [9.17, 15) is 13.2 Å². The summed E-state index contributed by atoms with van der Waals surface area (Å²) in [7, 11) is 1.75. The first-order valence-electron chi connectivity index (χ1n) is 6.03. The van der Waals surface area contributed by atoms with Crippen LogP contribution in [0.5, 0.6) is 0 Å². The highest BCUT2D eigenvalue weighted by atomic mass is 35.5. The third kappa shape index (κ3) is 2.37. The van der Waals surface area contributed by atoms with Crippen LogP contribution < -0.4 is 0 Å². The van der Waals surface area contributed by atoms with Crippen LogP contribution in [0.15, 0.2) is 30.6 Å². The number of halogens is 4. The Bertz CT molecular complexity index is 803. The molecule has 0 amide bonds. The maximum Gasteiger partial charge on any atom is 0.416 e. The van der Waals surface area contributed by atoms with E-state index in [-0.39, 0.29) is 11.4 Å². The molecule has 21 heavy (non-hydrogen) atoms. The molecule has 0 bridgehead atoms. The molecule has 0 atom stereocenters. The van der Waals surface area contributed by atoms with Crippen LogP contribution in [0.25, 0.3) is 16.7 Å². The Balaban J connectivity index is 2.24. The minimum atomic E-state index is -4.40. The first-order chi connectivity index (χ1) is 9.90. The van der Waals surface area contributed by atoms with E-state index >= 15 is 0 Å². The Morgan fingerprint density at radius 1 is 1.29 bits per heavy atom. The predicted molar refractivity (Wildman–Crippen MR) is 72.4 cm³/mol. The molecule has 0 N–H and O–H groups in total. The van der Waals surface area contributed by atoms with Crippen molar-refractivity contribution in [3.05, 3.63) is 42.0 Å². The van der Waals surface area contributed by atoms with Crippen molar-refractivity contribution < 1.29 is 13.2 Å². The molecular weight excluding hydrogens is 305 g/mol. The monoisotopic (exact) mass is 314 g/mol. The molecule has 110 valence electrons. The van der Waals surface area contributed by atoms with Gasteiger partial charge in [0.05, 0.1) is 34.4 Å². The van der Waals surface area contributed by atoms with Crippen LogP contribution in [0.1, 0.15) is 11.4 Å². The van der Waals surface area contributed by atoms with Crippen molar-refractivity contribution in [3.63, 3.8) is 0 Å². The highest BCUT2D eigenvalue weighted by Gasteiger charge is 2.31. The number of imidazole rings is 1. The van der Waals surface area contributed by atoms with Crippen LogP contribution in [0.4, 0.5) is 13.2 Å². The van der Waals surface area contributed by atoms with Crippen LogP contribution >= 0.6 is 11.6 Å². The molecule has 0 unspecified atom stereocenters. The van der Waals surface area contributed by atoms with Gasteiger partial charge in [-0.05, 0) is 18.2 Å². The number of nitrogens with zero attached hydrogens (tertiary/aromatic N) is 4. The van der Waals surface area contributed by atoms with Crippen molar-refractivity contribution in [2.24, 2.45) is 7.05 Å². The topological polar surface area (TPSA) is 35.6 Å². The van der Waals surface area contributed by atoms with E-state index in [0.717, 1.165) is 12.1 Å². The average Bonchev–Trinajstić information content (AvgIpc) is 2.99. The Morgan fingerprint density at radius 3 is 2.62 bits per heavy atom. The summed E-state index contributed by atoms with van der Waals surface area (Å²) in [5.74, 6) is 0.560. The minimum Gasteiger partial charge on any atom is -0.292 e. The van der Waals surface area contributed by atoms with Gasteiger partial charge in [-0.3, -0.25) is 9.25 Å². The highest BCUT2D eigenvalue weighted by molar-refractivity contribution is 6.17. The Hall–Kier alpha value is -2.02. The molecule has 0 aliphatic rings. The standard InChI is InChI=1S/C13H10ClF3N4/c1-20-7-9(6-18-20)21-11-3-2-8(13(15,16)17)4-10(11)19-12(21)5-14/h2-4,6-7H,5H2,1H3. The van der Waals surface area contributed by atoms with Gasteiger partial charge in [-0.15, -0.1) is 11.6 Å². The third-order valence-corrected chi connectivity index (χ3v) is 3.36. The second-order valence-electron chi connectivity index (χ2n) is 4.57. The number of hydrogen-bond donors (Lipinski definition) is 0. The van der Waals surface area contributed by atoms with Crippen molar-refractivity contribution in [2.45, 2.75) is 12.1 Å². The van der Waals surface area contributed by atoms with Gasteiger partial charge in [0, 0.05) is 13.2 Å². The van der Waals surface area contributed by atoms with Gasteiger partial charge in [-0.1, -0.05) is 0 Å². The Labute approximate surface area is 122 Å². The summed E-state index contributed by atoms with van der Waals surface area (Å²) >= 11 is 5.86. The van der Waals surface area contributed by atoms with Gasteiger partial charge in [0.1, 0.15) is 5.82 Å². The molecule has 0 fully saturated rings. The van der Waals surface area contributed by atoms with E-state index in [0.29, 0.717) is 17.0 Å². The summed E-state index contributed by atoms with van der Waals surface area (Å²) in [4.78, 5) is 4.18. The number of benzene rings is 1. The molecule has 0 spiro atoms. The zero-order chi connectivity index (χ0) is 15.2. The van der Waals surface area contributed by atoms with E-state index in [1.165, 1.54) is 6.07 Å². The van der Waals surface area contributed by atoms with Crippen molar-refractivity contribution >= 4 is 22.6 Å². The smallest absolute Gasteiger partial charge is 0.292 e. The van der Waals surface area contributed by atoms with Crippen LogP contribution in [0.2, 0.25) is 0 Å². The van der Waals surface area contributed by atoms with Crippen molar-refractivity contribution in [3.8, 4) is 5.69 Å². The highest BCUT2D eigenvalue weighted by Crippen LogP contribution is 2.32. The SMILES string of the molecule is Cn1cc(-n2c(CCl)nc3cc(C(F)(F)F)ccc32)cn1. The lowest BCUT2D eigenvalue weighted by molar-refractivity contribution is -0.137. The number of fused-ring (bicyclic) bond motifs is 1. The fourth-order valence-corrected chi connectivity index (χ4v) is 2.39. The second-order valence-corrected chi connectivity index (χ2v) is 4.84. The van der Waals surface area contributed by atoms with Gasteiger partial charge in [0.25, 0.3) is 0 Å². The zero-order valence-corrected chi connectivity index (χ0v) is 11.7. The summed E-state index contributed by atoms with van der Waals surface area (Å²) in [5.41, 5.74) is 0.790. The summed E-state index contributed by atoms with van der Waals surface area (Å²) in [5, 5.41) is 4.06. The van der Waals surface area contributed by atoms with Gasteiger partial charge in [0.2, 0.25) is 0 Å². The van der Waals surface area contributed by atoms with Gasteiger partial charge in [-0.2, -0.15) is 18.3 Å². The third-order valence-electron chi connectivity index (χ3n) is 3.12. The summed E-state index contributed by atoms with van der Waals surface area (Å²) < 4.78 is 41.6. The number of alkyl halides is 4. The number of aryl methyl sites for hydroxylation is 1. The maximum atomic E-state index is 12.8. The molecule has 3 aromatic rings. The Kier molecular flexibility index (Phi) is 3.16. The van der Waals surface area contributed by atoms with Crippen molar-refractivity contribution in [2.75, 3.05) is 0 Å². The number of hydrogen-bond acceptors (Lipinski definition) is 2. The fourth-order valence-electron chi connectivity index (χ4n) is 2.21. The van der Waals surface area contributed by atoms with Crippen LogP contribution in [0, 0.1) is 0 Å².